The van der Waals surface area contributed by atoms with Crippen LogP contribution in [0.15, 0.2) is 64.4 Å². The lowest BCUT2D eigenvalue weighted by Gasteiger charge is -2.23. The molecule has 3 rings (SSSR count). The van der Waals surface area contributed by atoms with E-state index in [2.05, 4.69) is 5.32 Å². The Bertz CT molecular complexity index is 868. The van der Waals surface area contributed by atoms with Gasteiger partial charge in [-0.15, -0.1) is 11.8 Å². The van der Waals surface area contributed by atoms with Gasteiger partial charge in [0.05, 0.1) is 4.90 Å². The van der Waals surface area contributed by atoms with E-state index in [9.17, 15) is 13.2 Å². The Balaban J connectivity index is 1.58. The molecule has 1 fully saturated rings. The van der Waals surface area contributed by atoms with Gasteiger partial charge in [-0.05, 0) is 44.0 Å². The van der Waals surface area contributed by atoms with Crippen molar-refractivity contribution in [2.75, 3.05) is 18.8 Å². The maximum Gasteiger partial charge on any atom is 0.243 e. The zero-order valence-electron chi connectivity index (χ0n) is 15.3. The van der Waals surface area contributed by atoms with Gasteiger partial charge in [0.1, 0.15) is 6.04 Å². The molecule has 144 valence electrons. The first kappa shape index (κ1) is 19.9. The summed E-state index contributed by atoms with van der Waals surface area (Å²) in [5, 5.41) is 2.89. The van der Waals surface area contributed by atoms with E-state index in [4.69, 9.17) is 0 Å². The Morgan fingerprint density at radius 1 is 1.15 bits per heavy atom. The predicted octanol–water partition coefficient (Wildman–Crippen LogP) is 3.06. The summed E-state index contributed by atoms with van der Waals surface area (Å²) in [4.78, 5) is 14.0. The molecule has 0 aromatic heterocycles. The van der Waals surface area contributed by atoms with Crippen LogP contribution in [-0.2, 0) is 14.8 Å². The van der Waals surface area contributed by atoms with Crippen molar-refractivity contribution in [1.29, 1.82) is 0 Å². The normalized spacial score (nSPS) is 17.7. The number of carbonyl (C=O) groups excluding carboxylic acids is 1. The van der Waals surface area contributed by atoms with Crippen LogP contribution in [0.4, 0.5) is 0 Å². The van der Waals surface area contributed by atoms with Crippen molar-refractivity contribution in [3.63, 3.8) is 0 Å². The van der Waals surface area contributed by atoms with Gasteiger partial charge in [0.15, 0.2) is 0 Å². The molecule has 2 aromatic rings. The van der Waals surface area contributed by atoms with Gasteiger partial charge in [0.2, 0.25) is 15.9 Å². The van der Waals surface area contributed by atoms with Crippen molar-refractivity contribution in [1.82, 2.24) is 9.62 Å². The molecule has 7 heteroatoms. The molecule has 1 saturated heterocycles. The molecular weight excluding hydrogens is 380 g/mol. The third kappa shape index (κ3) is 4.91. The van der Waals surface area contributed by atoms with E-state index in [1.54, 1.807) is 36.0 Å². The fraction of sp³-hybridized carbons (Fsp3) is 0.350. The van der Waals surface area contributed by atoms with E-state index in [-0.39, 0.29) is 10.8 Å². The highest BCUT2D eigenvalue weighted by atomic mass is 32.2. The number of hydrogen-bond acceptors (Lipinski definition) is 4. The van der Waals surface area contributed by atoms with Gasteiger partial charge in [-0.1, -0.05) is 35.9 Å². The van der Waals surface area contributed by atoms with E-state index in [1.807, 2.05) is 37.3 Å². The fourth-order valence-electron chi connectivity index (χ4n) is 3.11. The van der Waals surface area contributed by atoms with Crippen LogP contribution in [0.2, 0.25) is 0 Å². The van der Waals surface area contributed by atoms with Gasteiger partial charge in [0.25, 0.3) is 0 Å². The average molecular weight is 405 g/mol. The highest BCUT2D eigenvalue weighted by molar-refractivity contribution is 7.99. The third-order valence-electron chi connectivity index (χ3n) is 4.55. The van der Waals surface area contributed by atoms with Gasteiger partial charge in [-0.2, -0.15) is 4.31 Å². The van der Waals surface area contributed by atoms with Gasteiger partial charge in [0, 0.05) is 23.7 Å². The Labute approximate surface area is 165 Å². The van der Waals surface area contributed by atoms with Gasteiger partial charge in [-0.3, -0.25) is 4.79 Å². The number of nitrogens with one attached hydrogen (secondary N) is 1. The van der Waals surface area contributed by atoms with E-state index in [1.165, 1.54) is 4.31 Å². The first-order valence-electron chi connectivity index (χ1n) is 9.02. The largest absolute Gasteiger partial charge is 0.354 e. The van der Waals surface area contributed by atoms with Crippen LogP contribution >= 0.6 is 11.8 Å². The maximum absolute atomic E-state index is 12.9. The second kappa shape index (κ2) is 8.91. The molecule has 0 aliphatic carbocycles. The molecule has 0 unspecified atom stereocenters. The molecule has 0 spiro atoms. The highest BCUT2D eigenvalue weighted by Gasteiger charge is 2.39. The lowest BCUT2D eigenvalue weighted by molar-refractivity contribution is -0.124. The number of rotatable bonds is 7. The number of carbonyl (C=O) groups is 1. The van der Waals surface area contributed by atoms with Crippen molar-refractivity contribution < 1.29 is 13.2 Å². The summed E-state index contributed by atoms with van der Waals surface area (Å²) < 4.78 is 27.2. The molecule has 1 amide bonds. The summed E-state index contributed by atoms with van der Waals surface area (Å²) >= 11 is 1.66. The zero-order valence-corrected chi connectivity index (χ0v) is 16.9. The number of hydrogen-bond donors (Lipinski definition) is 1. The van der Waals surface area contributed by atoms with Crippen molar-refractivity contribution >= 4 is 27.7 Å². The lowest BCUT2D eigenvalue weighted by Crippen LogP contribution is -2.46. The SMILES string of the molecule is Cc1ccc(S(=O)(=O)N2CCC[C@H]2C(=O)NCCSc2ccccc2)cc1. The Kier molecular flexibility index (Phi) is 6.57. The number of sulfonamides is 1. The first-order valence-corrected chi connectivity index (χ1v) is 11.4. The number of nitrogens with zero attached hydrogens (tertiary/aromatic N) is 1. The second-order valence-corrected chi connectivity index (χ2v) is 9.60. The Morgan fingerprint density at radius 2 is 1.85 bits per heavy atom. The van der Waals surface area contributed by atoms with E-state index in [0.717, 1.165) is 16.2 Å². The molecule has 1 aliphatic heterocycles. The quantitative estimate of drug-likeness (QED) is 0.569. The third-order valence-corrected chi connectivity index (χ3v) is 7.48. The van der Waals surface area contributed by atoms with Crippen molar-refractivity contribution in [3.8, 4) is 0 Å². The molecule has 1 aliphatic rings. The van der Waals surface area contributed by atoms with Crippen LogP contribution in [0.3, 0.4) is 0 Å². The van der Waals surface area contributed by atoms with Crippen LogP contribution in [0.5, 0.6) is 0 Å². The van der Waals surface area contributed by atoms with Crippen LogP contribution in [0.1, 0.15) is 18.4 Å². The minimum Gasteiger partial charge on any atom is -0.354 e. The minimum atomic E-state index is -3.66. The highest BCUT2D eigenvalue weighted by Crippen LogP contribution is 2.26. The monoisotopic (exact) mass is 404 g/mol. The summed E-state index contributed by atoms with van der Waals surface area (Å²) in [6, 6.07) is 16.1. The minimum absolute atomic E-state index is 0.211. The number of benzene rings is 2. The lowest BCUT2D eigenvalue weighted by atomic mass is 10.2. The average Bonchev–Trinajstić information content (AvgIpc) is 3.17. The van der Waals surface area contributed by atoms with Gasteiger partial charge < -0.3 is 5.32 Å². The molecule has 2 aromatic carbocycles. The van der Waals surface area contributed by atoms with Crippen LogP contribution < -0.4 is 5.32 Å². The molecule has 0 bridgehead atoms. The van der Waals surface area contributed by atoms with Crippen LogP contribution in [0.25, 0.3) is 0 Å². The molecule has 0 radical (unpaired) electrons. The van der Waals surface area contributed by atoms with Crippen molar-refractivity contribution in [3.05, 3.63) is 60.2 Å². The Morgan fingerprint density at radius 3 is 2.56 bits per heavy atom. The summed E-state index contributed by atoms with van der Waals surface area (Å²) in [6.07, 6.45) is 1.25. The topological polar surface area (TPSA) is 66.5 Å². The van der Waals surface area contributed by atoms with E-state index >= 15 is 0 Å². The zero-order chi connectivity index (χ0) is 19.3. The summed E-state index contributed by atoms with van der Waals surface area (Å²) in [6.45, 7) is 2.80. The van der Waals surface area contributed by atoms with E-state index < -0.39 is 16.1 Å². The Hall–Kier alpha value is -1.83. The summed E-state index contributed by atoms with van der Waals surface area (Å²) in [5.41, 5.74) is 1.00. The molecule has 1 heterocycles. The predicted molar refractivity (Wildman–Crippen MR) is 108 cm³/mol. The standard InChI is InChI=1S/C20H24N2O3S2/c1-16-9-11-18(12-10-16)27(24,25)22-14-5-8-19(22)20(23)21-13-15-26-17-6-3-2-4-7-17/h2-4,6-7,9-12,19H,5,8,13-15H2,1H3,(H,21,23)/t19-/m0/s1. The van der Waals surface area contributed by atoms with Gasteiger partial charge in [-0.25, -0.2) is 8.42 Å². The molecular formula is C20H24N2O3S2. The molecule has 0 saturated carbocycles. The number of amides is 1. The number of aryl methyl sites for hydroxylation is 1. The molecule has 5 nitrogen and oxygen atoms in total. The molecule has 1 N–H and O–H groups in total. The van der Waals surface area contributed by atoms with Crippen LogP contribution in [-0.4, -0.2) is 43.5 Å². The fourth-order valence-corrected chi connectivity index (χ4v) is 5.56. The smallest absolute Gasteiger partial charge is 0.243 e. The summed E-state index contributed by atoms with van der Waals surface area (Å²) in [5.74, 6) is 0.532. The second-order valence-electron chi connectivity index (χ2n) is 6.54. The van der Waals surface area contributed by atoms with Crippen LogP contribution in [0, 0.1) is 6.92 Å². The van der Waals surface area contributed by atoms with E-state index in [0.29, 0.717) is 25.9 Å². The molecule has 1 atom stereocenters. The summed E-state index contributed by atoms with van der Waals surface area (Å²) in [7, 11) is -3.66. The van der Waals surface area contributed by atoms with Gasteiger partial charge >= 0.3 is 0 Å². The maximum atomic E-state index is 12.9. The number of thioether (sulfide) groups is 1. The molecule has 27 heavy (non-hydrogen) atoms. The first-order chi connectivity index (χ1) is 13.0. The van der Waals surface area contributed by atoms with Crippen molar-refractivity contribution in [2.45, 2.75) is 35.6 Å². The van der Waals surface area contributed by atoms with Crippen molar-refractivity contribution in [2.24, 2.45) is 0 Å².